The van der Waals surface area contributed by atoms with Crippen LogP contribution in [0.2, 0.25) is 0 Å². The van der Waals surface area contributed by atoms with Crippen LogP contribution in [0.1, 0.15) is 45.4 Å². The number of nitrogens with one attached hydrogen (secondary N) is 2. The standard InChI is InChI=1S/C14H23F3N2O/c1-13(6-8-18-9-7-13)19-12(20)10-2-4-11(5-3-10)14(15,16)17/h10-11,18H,2-9H2,1H3,(H,19,20). The van der Waals surface area contributed by atoms with E-state index in [0.29, 0.717) is 12.8 Å². The molecule has 0 aromatic heterocycles. The van der Waals surface area contributed by atoms with Crippen LogP contribution in [-0.2, 0) is 4.79 Å². The zero-order chi connectivity index (χ0) is 14.8. The summed E-state index contributed by atoms with van der Waals surface area (Å²) < 4.78 is 37.8. The number of amides is 1. The lowest BCUT2D eigenvalue weighted by Crippen LogP contribution is -2.54. The van der Waals surface area contributed by atoms with Gasteiger partial charge in [-0.2, -0.15) is 13.2 Å². The average Bonchev–Trinajstić information content (AvgIpc) is 2.38. The molecule has 116 valence electrons. The highest BCUT2D eigenvalue weighted by Gasteiger charge is 2.43. The Morgan fingerprint density at radius 1 is 1.15 bits per heavy atom. The third-order valence-corrected chi connectivity index (χ3v) is 4.69. The number of carbonyl (C=O) groups is 1. The smallest absolute Gasteiger partial charge is 0.351 e. The Bertz CT molecular complexity index is 343. The van der Waals surface area contributed by atoms with Gasteiger partial charge < -0.3 is 10.6 Å². The van der Waals surface area contributed by atoms with Crippen molar-refractivity contribution < 1.29 is 18.0 Å². The number of carbonyl (C=O) groups excluding carboxylic acids is 1. The molecule has 20 heavy (non-hydrogen) atoms. The Kier molecular flexibility index (Phi) is 4.62. The average molecular weight is 292 g/mol. The molecule has 2 aliphatic rings. The van der Waals surface area contributed by atoms with E-state index in [-0.39, 0.29) is 30.2 Å². The summed E-state index contributed by atoms with van der Waals surface area (Å²) in [6, 6.07) is 0. The molecule has 3 nitrogen and oxygen atoms in total. The van der Waals surface area contributed by atoms with Crippen molar-refractivity contribution in [1.29, 1.82) is 0 Å². The van der Waals surface area contributed by atoms with E-state index in [0.717, 1.165) is 25.9 Å². The summed E-state index contributed by atoms with van der Waals surface area (Å²) in [5, 5.41) is 6.30. The molecule has 0 spiro atoms. The lowest BCUT2D eigenvalue weighted by atomic mass is 9.80. The van der Waals surface area contributed by atoms with Crippen LogP contribution in [-0.4, -0.2) is 30.7 Å². The van der Waals surface area contributed by atoms with Crippen LogP contribution in [0.3, 0.4) is 0 Å². The van der Waals surface area contributed by atoms with Crippen molar-refractivity contribution in [3.05, 3.63) is 0 Å². The quantitative estimate of drug-likeness (QED) is 0.821. The summed E-state index contributed by atoms with van der Waals surface area (Å²) in [5.74, 6) is -1.53. The molecule has 1 amide bonds. The minimum absolute atomic E-state index is 0.0602. The van der Waals surface area contributed by atoms with E-state index in [1.807, 2.05) is 6.92 Å². The fraction of sp³-hybridized carbons (Fsp3) is 0.929. The molecule has 0 unspecified atom stereocenters. The molecule has 1 saturated carbocycles. The maximum atomic E-state index is 12.6. The van der Waals surface area contributed by atoms with Gasteiger partial charge in [-0.15, -0.1) is 0 Å². The van der Waals surface area contributed by atoms with E-state index >= 15 is 0 Å². The molecule has 2 rings (SSSR count). The number of alkyl halides is 3. The number of hydrogen-bond acceptors (Lipinski definition) is 2. The first kappa shape index (κ1) is 15.6. The second-order valence-electron chi connectivity index (χ2n) is 6.39. The molecule has 2 fully saturated rings. The molecular formula is C14H23F3N2O. The first-order chi connectivity index (χ1) is 9.30. The van der Waals surface area contributed by atoms with Crippen molar-refractivity contribution in [2.24, 2.45) is 11.8 Å². The third-order valence-electron chi connectivity index (χ3n) is 4.69. The van der Waals surface area contributed by atoms with Crippen LogP contribution >= 0.6 is 0 Å². The largest absolute Gasteiger partial charge is 0.391 e. The van der Waals surface area contributed by atoms with Crippen molar-refractivity contribution in [2.45, 2.75) is 57.2 Å². The second kappa shape index (κ2) is 5.92. The summed E-state index contributed by atoms with van der Waals surface area (Å²) in [6.07, 6.45) is -1.50. The van der Waals surface area contributed by atoms with Gasteiger partial charge >= 0.3 is 6.18 Å². The summed E-state index contributed by atoms with van der Waals surface area (Å²) in [6.45, 7) is 3.77. The molecule has 1 heterocycles. The number of rotatable bonds is 2. The first-order valence-electron chi connectivity index (χ1n) is 7.40. The van der Waals surface area contributed by atoms with Gasteiger partial charge in [-0.3, -0.25) is 4.79 Å². The van der Waals surface area contributed by atoms with Crippen molar-refractivity contribution >= 4 is 5.91 Å². The molecule has 1 aliphatic carbocycles. The second-order valence-corrected chi connectivity index (χ2v) is 6.39. The summed E-state index contributed by atoms with van der Waals surface area (Å²) >= 11 is 0. The van der Waals surface area contributed by atoms with Crippen LogP contribution in [0.5, 0.6) is 0 Å². The van der Waals surface area contributed by atoms with Gasteiger partial charge in [-0.1, -0.05) is 0 Å². The first-order valence-corrected chi connectivity index (χ1v) is 7.40. The highest BCUT2D eigenvalue weighted by Crippen LogP contribution is 2.39. The van der Waals surface area contributed by atoms with E-state index in [9.17, 15) is 18.0 Å². The topological polar surface area (TPSA) is 41.1 Å². The molecule has 0 atom stereocenters. The monoisotopic (exact) mass is 292 g/mol. The minimum Gasteiger partial charge on any atom is -0.351 e. The molecule has 0 aromatic rings. The minimum atomic E-state index is -4.11. The number of piperidine rings is 1. The van der Waals surface area contributed by atoms with Crippen LogP contribution < -0.4 is 10.6 Å². The van der Waals surface area contributed by atoms with Crippen LogP contribution in [0, 0.1) is 11.8 Å². The van der Waals surface area contributed by atoms with E-state index in [1.54, 1.807) is 0 Å². The van der Waals surface area contributed by atoms with Gasteiger partial charge in [0.2, 0.25) is 5.91 Å². The fourth-order valence-electron chi connectivity index (χ4n) is 3.19. The van der Waals surface area contributed by atoms with E-state index in [1.165, 1.54) is 0 Å². The molecule has 1 saturated heterocycles. The summed E-state index contributed by atoms with van der Waals surface area (Å²) in [5.41, 5.74) is -0.205. The van der Waals surface area contributed by atoms with Crippen molar-refractivity contribution in [3.63, 3.8) is 0 Å². The third kappa shape index (κ3) is 3.87. The maximum absolute atomic E-state index is 12.6. The van der Waals surface area contributed by atoms with Gasteiger partial charge in [0.05, 0.1) is 5.92 Å². The Labute approximate surface area is 117 Å². The molecule has 0 bridgehead atoms. The van der Waals surface area contributed by atoms with Crippen LogP contribution in [0.25, 0.3) is 0 Å². The zero-order valence-electron chi connectivity index (χ0n) is 11.9. The highest BCUT2D eigenvalue weighted by atomic mass is 19.4. The molecule has 0 aromatic carbocycles. The Morgan fingerprint density at radius 2 is 1.70 bits per heavy atom. The number of hydrogen-bond donors (Lipinski definition) is 2. The molecule has 2 N–H and O–H groups in total. The summed E-state index contributed by atoms with van der Waals surface area (Å²) in [4.78, 5) is 12.2. The van der Waals surface area contributed by atoms with Gasteiger partial charge in [0.1, 0.15) is 0 Å². The van der Waals surface area contributed by atoms with Gasteiger partial charge in [-0.05, 0) is 58.5 Å². The molecule has 6 heteroatoms. The zero-order valence-corrected chi connectivity index (χ0v) is 11.9. The highest BCUT2D eigenvalue weighted by molar-refractivity contribution is 5.79. The predicted molar refractivity (Wildman–Crippen MR) is 70.2 cm³/mol. The van der Waals surface area contributed by atoms with Crippen molar-refractivity contribution in [2.75, 3.05) is 13.1 Å². The Balaban J connectivity index is 1.83. The van der Waals surface area contributed by atoms with E-state index in [2.05, 4.69) is 10.6 Å². The van der Waals surface area contributed by atoms with Crippen molar-refractivity contribution in [3.8, 4) is 0 Å². The van der Waals surface area contributed by atoms with E-state index < -0.39 is 12.1 Å². The summed E-state index contributed by atoms with van der Waals surface area (Å²) in [7, 11) is 0. The SMILES string of the molecule is CC1(NC(=O)C2CCC(C(F)(F)F)CC2)CCNCC1. The van der Waals surface area contributed by atoms with E-state index in [4.69, 9.17) is 0 Å². The maximum Gasteiger partial charge on any atom is 0.391 e. The molecule has 0 radical (unpaired) electrons. The predicted octanol–water partition coefficient (Wildman–Crippen LogP) is 2.61. The normalized spacial score (nSPS) is 30.8. The Hall–Kier alpha value is -0.780. The fourth-order valence-corrected chi connectivity index (χ4v) is 3.19. The van der Waals surface area contributed by atoms with Crippen molar-refractivity contribution in [1.82, 2.24) is 10.6 Å². The molecular weight excluding hydrogens is 269 g/mol. The van der Waals surface area contributed by atoms with Crippen LogP contribution in [0.4, 0.5) is 13.2 Å². The van der Waals surface area contributed by atoms with Gasteiger partial charge in [-0.25, -0.2) is 0 Å². The van der Waals surface area contributed by atoms with Gasteiger partial charge in [0.25, 0.3) is 0 Å². The van der Waals surface area contributed by atoms with Gasteiger partial charge in [0.15, 0.2) is 0 Å². The number of halogens is 3. The lowest BCUT2D eigenvalue weighted by Gasteiger charge is -2.37. The van der Waals surface area contributed by atoms with Crippen LogP contribution in [0.15, 0.2) is 0 Å². The molecule has 1 aliphatic heterocycles. The Morgan fingerprint density at radius 3 is 2.20 bits per heavy atom. The van der Waals surface area contributed by atoms with Gasteiger partial charge in [0, 0.05) is 11.5 Å². The lowest BCUT2D eigenvalue weighted by molar-refractivity contribution is -0.184.